The van der Waals surface area contributed by atoms with Crippen molar-refractivity contribution in [3.63, 3.8) is 0 Å². The standard InChI is InChI=1S/C25H32FN5O/c26-20-6-1-2-7-21(20)29-24-17(14-16-4-3-5-16)8-13-22-23(30-24)15-27-25(31-22)28-18-9-11-19(32)12-10-18/h1-2,6-7,15-19,32H,3-5,8-14H2,(H,29,30)(H,27,28,31). The third kappa shape index (κ3) is 4.93. The number of halogens is 1. The molecule has 32 heavy (non-hydrogen) atoms. The highest BCUT2D eigenvalue weighted by atomic mass is 19.1. The summed E-state index contributed by atoms with van der Waals surface area (Å²) in [5.74, 6) is 2.16. The number of aliphatic hydroxyl groups is 1. The van der Waals surface area contributed by atoms with Crippen molar-refractivity contribution in [3.8, 4) is 0 Å². The van der Waals surface area contributed by atoms with Crippen LogP contribution in [-0.2, 0) is 6.42 Å². The molecule has 1 aromatic heterocycles. The molecule has 1 aromatic carbocycles. The van der Waals surface area contributed by atoms with Gasteiger partial charge in [0.25, 0.3) is 0 Å². The first-order valence-corrected chi connectivity index (χ1v) is 12.0. The number of amidine groups is 1. The molecule has 3 N–H and O–H groups in total. The molecular formula is C25H32FN5O. The van der Waals surface area contributed by atoms with E-state index in [0.29, 0.717) is 17.7 Å². The van der Waals surface area contributed by atoms with Crippen LogP contribution in [0.1, 0.15) is 63.5 Å². The first-order chi connectivity index (χ1) is 15.6. The number of aliphatic hydroxyl groups excluding tert-OH is 1. The number of rotatable bonds is 5. The number of hydrogen-bond donors (Lipinski definition) is 3. The fourth-order valence-electron chi connectivity index (χ4n) is 5.02. The van der Waals surface area contributed by atoms with Crippen molar-refractivity contribution < 1.29 is 9.50 Å². The molecule has 2 heterocycles. The molecule has 2 aromatic rings. The summed E-state index contributed by atoms with van der Waals surface area (Å²) < 4.78 is 14.3. The monoisotopic (exact) mass is 437 g/mol. The average molecular weight is 438 g/mol. The Morgan fingerprint density at radius 2 is 1.91 bits per heavy atom. The second-order valence-corrected chi connectivity index (χ2v) is 9.55. The van der Waals surface area contributed by atoms with E-state index in [2.05, 4.69) is 15.6 Å². The minimum atomic E-state index is -0.304. The van der Waals surface area contributed by atoms with Gasteiger partial charge in [0.2, 0.25) is 5.95 Å². The van der Waals surface area contributed by atoms with Crippen molar-refractivity contribution in [2.75, 3.05) is 10.6 Å². The Hall–Kier alpha value is -2.54. The van der Waals surface area contributed by atoms with Gasteiger partial charge in [-0.05, 0) is 63.0 Å². The van der Waals surface area contributed by atoms with Crippen LogP contribution in [0, 0.1) is 17.7 Å². The zero-order valence-electron chi connectivity index (χ0n) is 18.4. The number of hydrogen-bond acceptors (Lipinski definition) is 5. The van der Waals surface area contributed by atoms with Gasteiger partial charge in [0.05, 0.1) is 23.7 Å². The number of aromatic nitrogens is 2. The van der Waals surface area contributed by atoms with Crippen LogP contribution in [0.3, 0.4) is 0 Å². The summed E-state index contributed by atoms with van der Waals surface area (Å²) in [6, 6.07) is 6.99. The van der Waals surface area contributed by atoms with E-state index in [4.69, 9.17) is 9.98 Å². The lowest BCUT2D eigenvalue weighted by Crippen LogP contribution is -2.29. The fraction of sp³-hybridized carbons (Fsp3) is 0.560. The molecule has 0 saturated heterocycles. The van der Waals surface area contributed by atoms with E-state index >= 15 is 0 Å². The summed E-state index contributed by atoms with van der Waals surface area (Å²) >= 11 is 0. The van der Waals surface area contributed by atoms with Crippen LogP contribution in [-0.4, -0.2) is 33.1 Å². The smallest absolute Gasteiger partial charge is 0.223 e. The molecule has 7 heteroatoms. The average Bonchev–Trinajstić information content (AvgIpc) is 2.93. The lowest BCUT2D eigenvalue weighted by atomic mass is 9.77. The van der Waals surface area contributed by atoms with Crippen molar-refractivity contribution in [1.82, 2.24) is 9.97 Å². The van der Waals surface area contributed by atoms with Crippen LogP contribution in [0.2, 0.25) is 0 Å². The van der Waals surface area contributed by atoms with Crippen LogP contribution < -0.4 is 10.6 Å². The maximum atomic E-state index is 14.3. The predicted octanol–water partition coefficient (Wildman–Crippen LogP) is 5.23. The maximum absolute atomic E-state index is 14.3. The van der Waals surface area contributed by atoms with Gasteiger partial charge in [-0.3, -0.25) is 0 Å². The summed E-state index contributed by atoms with van der Waals surface area (Å²) in [6.07, 6.45) is 11.9. The van der Waals surface area contributed by atoms with E-state index in [0.717, 1.165) is 68.1 Å². The Morgan fingerprint density at radius 3 is 2.66 bits per heavy atom. The van der Waals surface area contributed by atoms with Gasteiger partial charge in [-0.15, -0.1) is 0 Å². The Bertz CT molecular complexity index is 969. The number of aliphatic imine (C=N–C) groups is 1. The molecule has 3 aliphatic rings. The molecule has 1 unspecified atom stereocenters. The van der Waals surface area contributed by atoms with Crippen LogP contribution in [0.25, 0.3) is 0 Å². The van der Waals surface area contributed by atoms with Crippen LogP contribution in [0.5, 0.6) is 0 Å². The highest BCUT2D eigenvalue weighted by Gasteiger charge is 2.29. The van der Waals surface area contributed by atoms with E-state index in [9.17, 15) is 9.50 Å². The van der Waals surface area contributed by atoms with Gasteiger partial charge in [-0.2, -0.15) is 0 Å². The van der Waals surface area contributed by atoms with Gasteiger partial charge in [0.15, 0.2) is 0 Å². The number of aryl methyl sites for hydroxylation is 1. The molecule has 5 rings (SSSR count). The predicted molar refractivity (Wildman–Crippen MR) is 125 cm³/mol. The Balaban J connectivity index is 1.37. The van der Waals surface area contributed by atoms with Crippen LogP contribution in [0.4, 0.5) is 21.7 Å². The summed E-state index contributed by atoms with van der Waals surface area (Å²) in [7, 11) is 0. The molecule has 1 aliphatic heterocycles. The highest BCUT2D eigenvalue weighted by Crippen LogP contribution is 2.36. The minimum absolute atomic E-state index is 0.176. The molecular weight excluding hydrogens is 405 g/mol. The number of nitrogens with zero attached hydrogens (tertiary/aromatic N) is 3. The lowest BCUT2D eigenvalue weighted by molar-refractivity contribution is 0.126. The van der Waals surface area contributed by atoms with Gasteiger partial charge in [-0.1, -0.05) is 31.4 Å². The van der Waals surface area contributed by atoms with E-state index in [1.54, 1.807) is 12.1 Å². The van der Waals surface area contributed by atoms with Crippen molar-refractivity contribution in [2.45, 2.75) is 76.4 Å². The van der Waals surface area contributed by atoms with Gasteiger partial charge in [0, 0.05) is 12.0 Å². The van der Waals surface area contributed by atoms with Crippen molar-refractivity contribution >= 4 is 23.2 Å². The molecule has 170 valence electrons. The number of nitrogens with one attached hydrogen (secondary N) is 2. The molecule has 0 bridgehead atoms. The van der Waals surface area contributed by atoms with E-state index in [1.807, 2.05) is 12.3 Å². The van der Waals surface area contributed by atoms with Crippen molar-refractivity contribution in [3.05, 3.63) is 42.0 Å². The highest BCUT2D eigenvalue weighted by molar-refractivity contribution is 5.99. The first kappa shape index (κ1) is 21.3. The first-order valence-electron chi connectivity index (χ1n) is 12.0. The van der Waals surface area contributed by atoms with Gasteiger partial charge < -0.3 is 15.7 Å². The van der Waals surface area contributed by atoms with E-state index in [1.165, 1.54) is 25.3 Å². The number of fused-ring (bicyclic) bond motifs is 1. The summed E-state index contributed by atoms with van der Waals surface area (Å²) in [5, 5.41) is 16.7. The number of anilines is 2. The summed E-state index contributed by atoms with van der Waals surface area (Å²) in [5.41, 5.74) is 2.22. The molecule has 0 amide bonds. The van der Waals surface area contributed by atoms with E-state index < -0.39 is 0 Å². The van der Waals surface area contributed by atoms with Crippen molar-refractivity contribution in [2.24, 2.45) is 16.8 Å². The molecule has 0 spiro atoms. The summed E-state index contributed by atoms with van der Waals surface area (Å²) in [4.78, 5) is 14.1. The summed E-state index contributed by atoms with van der Waals surface area (Å²) in [6.45, 7) is 0. The second kappa shape index (κ2) is 9.53. The van der Waals surface area contributed by atoms with Crippen LogP contribution >= 0.6 is 0 Å². The van der Waals surface area contributed by atoms with Gasteiger partial charge in [-0.25, -0.2) is 19.4 Å². The quantitative estimate of drug-likeness (QED) is 0.597. The Labute approximate surface area is 188 Å². The molecule has 0 radical (unpaired) electrons. The maximum Gasteiger partial charge on any atom is 0.223 e. The molecule has 6 nitrogen and oxygen atoms in total. The molecule has 2 fully saturated rings. The largest absolute Gasteiger partial charge is 0.393 e. The normalized spacial score (nSPS) is 27.2. The lowest BCUT2D eigenvalue weighted by Gasteiger charge is -2.29. The number of para-hydroxylation sites is 1. The molecule has 2 aliphatic carbocycles. The zero-order chi connectivity index (χ0) is 21.9. The molecule has 1 atom stereocenters. The van der Waals surface area contributed by atoms with Gasteiger partial charge >= 0.3 is 0 Å². The SMILES string of the molecule is OC1CCC(Nc2ncc3c(n2)CCC(CC2CCC2)C(=Nc2ccccc2F)N3)CC1. The third-order valence-corrected chi connectivity index (χ3v) is 7.21. The van der Waals surface area contributed by atoms with Crippen molar-refractivity contribution in [1.29, 1.82) is 0 Å². The fourth-order valence-corrected chi connectivity index (χ4v) is 5.02. The second-order valence-electron chi connectivity index (χ2n) is 9.55. The van der Waals surface area contributed by atoms with Gasteiger partial charge in [0.1, 0.15) is 17.3 Å². The van der Waals surface area contributed by atoms with Crippen LogP contribution in [0.15, 0.2) is 35.5 Å². The minimum Gasteiger partial charge on any atom is -0.393 e. The Kier molecular flexibility index (Phi) is 6.35. The topological polar surface area (TPSA) is 82.4 Å². The van der Waals surface area contributed by atoms with E-state index in [-0.39, 0.29) is 17.8 Å². The number of benzene rings is 1. The zero-order valence-corrected chi connectivity index (χ0v) is 18.4. The molecule has 2 saturated carbocycles. The Morgan fingerprint density at radius 1 is 1.09 bits per heavy atom. The third-order valence-electron chi connectivity index (χ3n) is 7.21.